The molecule has 0 aliphatic carbocycles. The second kappa shape index (κ2) is 6.41. The van der Waals surface area contributed by atoms with E-state index in [4.69, 9.17) is 0 Å². The van der Waals surface area contributed by atoms with Crippen LogP contribution in [0.2, 0.25) is 0 Å². The Morgan fingerprint density at radius 1 is 1.20 bits per heavy atom. The Morgan fingerprint density at radius 3 is 2.53 bits per heavy atom. The average molecular weight is 229 g/mol. The van der Waals surface area contributed by atoms with Gasteiger partial charge >= 0.3 is 0 Å². The van der Waals surface area contributed by atoms with Crippen LogP contribution in [0.15, 0.2) is 0 Å². The average Bonchev–Trinajstić information content (AvgIpc) is 2.47. The molecule has 0 saturated carbocycles. The van der Waals surface area contributed by atoms with Gasteiger partial charge in [-0.3, -0.25) is 4.79 Å². The van der Waals surface area contributed by atoms with Crippen molar-refractivity contribution in [2.45, 2.75) is 63.7 Å². The lowest BCUT2D eigenvalue weighted by Crippen LogP contribution is -2.33. The summed E-state index contributed by atoms with van der Waals surface area (Å²) in [5, 5.41) is 0.819. The summed E-state index contributed by atoms with van der Waals surface area (Å²) < 4.78 is 0. The molecule has 2 unspecified atom stereocenters. The minimum atomic E-state index is 0.273. The molecule has 1 fully saturated rings. The van der Waals surface area contributed by atoms with E-state index in [-0.39, 0.29) is 5.24 Å². The number of rotatable bonds is 6. The fourth-order valence-electron chi connectivity index (χ4n) is 2.19. The lowest BCUT2D eigenvalue weighted by atomic mass is 10.0. The van der Waals surface area contributed by atoms with E-state index in [1.54, 1.807) is 11.8 Å². The number of amides is 1. The number of carbonyl (C=O) groups is 1. The maximum atomic E-state index is 11.6. The smallest absolute Gasteiger partial charge is 0.282 e. The van der Waals surface area contributed by atoms with Gasteiger partial charge in [0.05, 0.1) is 0 Å². The SMILES string of the molecule is CCCCCC1C(CCC)SC(=O)N1C. The van der Waals surface area contributed by atoms with Crippen molar-refractivity contribution in [3.8, 4) is 0 Å². The topological polar surface area (TPSA) is 20.3 Å². The number of thioether (sulfide) groups is 1. The van der Waals surface area contributed by atoms with E-state index in [1.807, 2.05) is 11.9 Å². The van der Waals surface area contributed by atoms with Gasteiger partial charge in [-0.25, -0.2) is 0 Å². The van der Waals surface area contributed by atoms with Crippen LogP contribution in [0.3, 0.4) is 0 Å². The molecule has 2 nitrogen and oxygen atoms in total. The van der Waals surface area contributed by atoms with Crippen molar-refractivity contribution in [1.82, 2.24) is 4.90 Å². The molecular formula is C12H23NOS. The molecule has 1 aliphatic rings. The molecular weight excluding hydrogens is 206 g/mol. The predicted octanol–water partition coefficient (Wildman–Crippen LogP) is 3.90. The zero-order chi connectivity index (χ0) is 11.3. The maximum Gasteiger partial charge on any atom is 0.282 e. The molecule has 0 N–H and O–H groups in total. The van der Waals surface area contributed by atoms with Gasteiger partial charge in [0.15, 0.2) is 0 Å². The summed E-state index contributed by atoms with van der Waals surface area (Å²) in [5.41, 5.74) is 0. The van der Waals surface area contributed by atoms with Gasteiger partial charge in [0.1, 0.15) is 0 Å². The Morgan fingerprint density at radius 2 is 1.93 bits per heavy atom. The second-order valence-corrected chi connectivity index (χ2v) is 5.58. The van der Waals surface area contributed by atoms with Gasteiger partial charge in [-0.05, 0) is 12.8 Å². The highest BCUT2D eigenvalue weighted by atomic mass is 32.2. The first kappa shape index (κ1) is 12.9. The van der Waals surface area contributed by atoms with Gasteiger partial charge in [-0.1, -0.05) is 51.3 Å². The molecule has 2 atom stereocenters. The van der Waals surface area contributed by atoms with Gasteiger partial charge < -0.3 is 4.90 Å². The van der Waals surface area contributed by atoms with Crippen LogP contribution in [-0.4, -0.2) is 28.5 Å². The summed E-state index contributed by atoms with van der Waals surface area (Å²) in [6, 6.07) is 0.494. The quantitative estimate of drug-likeness (QED) is 0.644. The molecule has 1 amide bonds. The summed E-state index contributed by atoms with van der Waals surface area (Å²) in [6.45, 7) is 4.42. The van der Waals surface area contributed by atoms with Crippen molar-refractivity contribution in [3.63, 3.8) is 0 Å². The highest BCUT2D eigenvalue weighted by Crippen LogP contribution is 2.35. The molecule has 0 aromatic heterocycles. The van der Waals surface area contributed by atoms with Crippen molar-refractivity contribution in [1.29, 1.82) is 0 Å². The highest BCUT2D eigenvalue weighted by Gasteiger charge is 2.36. The lowest BCUT2D eigenvalue weighted by Gasteiger charge is -2.23. The Hall–Kier alpha value is -0.180. The van der Waals surface area contributed by atoms with E-state index in [0.717, 1.165) is 0 Å². The van der Waals surface area contributed by atoms with Gasteiger partial charge in [0.25, 0.3) is 5.24 Å². The van der Waals surface area contributed by atoms with Crippen LogP contribution in [-0.2, 0) is 0 Å². The van der Waals surface area contributed by atoms with E-state index in [0.29, 0.717) is 11.3 Å². The third kappa shape index (κ3) is 3.40. The molecule has 0 aromatic rings. The Bertz CT molecular complexity index is 208. The van der Waals surface area contributed by atoms with E-state index < -0.39 is 0 Å². The molecule has 0 radical (unpaired) electrons. The standard InChI is InChI=1S/C12H23NOS/c1-4-6-7-9-10-11(8-5-2)15-12(14)13(10)3/h10-11H,4-9H2,1-3H3. The Labute approximate surface area is 97.8 Å². The number of hydrogen-bond acceptors (Lipinski definition) is 2. The summed E-state index contributed by atoms with van der Waals surface area (Å²) >= 11 is 1.55. The van der Waals surface area contributed by atoms with Crippen LogP contribution in [0.5, 0.6) is 0 Å². The second-order valence-electron chi connectivity index (χ2n) is 4.38. The maximum absolute atomic E-state index is 11.6. The molecule has 0 aromatic carbocycles. The highest BCUT2D eigenvalue weighted by molar-refractivity contribution is 8.14. The first-order valence-electron chi connectivity index (χ1n) is 6.14. The largest absolute Gasteiger partial charge is 0.333 e. The molecule has 1 aliphatic heterocycles. The molecule has 1 rings (SSSR count). The summed E-state index contributed by atoms with van der Waals surface area (Å²) in [4.78, 5) is 13.6. The van der Waals surface area contributed by atoms with Crippen LogP contribution < -0.4 is 0 Å². The van der Waals surface area contributed by atoms with Crippen LogP contribution in [0.25, 0.3) is 0 Å². The summed E-state index contributed by atoms with van der Waals surface area (Å²) in [7, 11) is 1.96. The predicted molar refractivity (Wildman–Crippen MR) is 67.4 cm³/mol. The number of hydrogen-bond donors (Lipinski definition) is 0. The first-order valence-corrected chi connectivity index (χ1v) is 7.02. The third-order valence-electron chi connectivity index (χ3n) is 3.14. The fraction of sp³-hybridized carbons (Fsp3) is 0.917. The first-order chi connectivity index (χ1) is 7.20. The Kier molecular flexibility index (Phi) is 5.51. The van der Waals surface area contributed by atoms with Crippen LogP contribution in [0.4, 0.5) is 4.79 Å². The van der Waals surface area contributed by atoms with Crippen molar-refractivity contribution in [2.24, 2.45) is 0 Å². The monoisotopic (exact) mass is 229 g/mol. The van der Waals surface area contributed by atoms with E-state index in [2.05, 4.69) is 13.8 Å². The molecule has 15 heavy (non-hydrogen) atoms. The van der Waals surface area contributed by atoms with E-state index in [1.165, 1.54) is 38.5 Å². The molecule has 1 heterocycles. The molecule has 1 saturated heterocycles. The number of carbonyl (C=O) groups excluding carboxylic acids is 1. The third-order valence-corrected chi connectivity index (χ3v) is 4.49. The lowest BCUT2D eigenvalue weighted by molar-refractivity contribution is 0.215. The van der Waals surface area contributed by atoms with Crippen molar-refractivity contribution < 1.29 is 4.79 Å². The minimum absolute atomic E-state index is 0.273. The van der Waals surface area contributed by atoms with Gasteiger partial charge in [-0.2, -0.15) is 0 Å². The van der Waals surface area contributed by atoms with Crippen LogP contribution in [0, 0.1) is 0 Å². The van der Waals surface area contributed by atoms with Crippen LogP contribution >= 0.6 is 11.8 Å². The minimum Gasteiger partial charge on any atom is -0.333 e. The van der Waals surface area contributed by atoms with Gasteiger partial charge in [-0.15, -0.1) is 0 Å². The zero-order valence-electron chi connectivity index (χ0n) is 10.2. The molecule has 0 bridgehead atoms. The Balaban J connectivity index is 2.44. The van der Waals surface area contributed by atoms with Crippen LogP contribution in [0.1, 0.15) is 52.4 Å². The molecule has 3 heteroatoms. The van der Waals surface area contributed by atoms with E-state index in [9.17, 15) is 4.79 Å². The summed E-state index contributed by atoms with van der Waals surface area (Å²) in [6.07, 6.45) is 7.37. The zero-order valence-corrected chi connectivity index (χ0v) is 11.0. The fourth-order valence-corrected chi connectivity index (χ4v) is 3.58. The normalized spacial score (nSPS) is 26.3. The van der Waals surface area contributed by atoms with Crippen molar-refractivity contribution >= 4 is 17.0 Å². The van der Waals surface area contributed by atoms with Gasteiger partial charge in [0, 0.05) is 18.3 Å². The number of nitrogens with zero attached hydrogens (tertiary/aromatic N) is 1. The summed E-state index contributed by atoms with van der Waals surface area (Å²) in [5.74, 6) is 0. The number of unbranched alkanes of at least 4 members (excludes halogenated alkanes) is 2. The van der Waals surface area contributed by atoms with E-state index >= 15 is 0 Å². The van der Waals surface area contributed by atoms with Crippen molar-refractivity contribution in [3.05, 3.63) is 0 Å². The molecule has 0 spiro atoms. The van der Waals surface area contributed by atoms with Crippen molar-refractivity contribution in [2.75, 3.05) is 7.05 Å². The molecule has 88 valence electrons. The van der Waals surface area contributed by atoms with Gasteiger partial charge in [0.2, 0.25) is 0 Å².